The summed E-state index contributed by atoms with van der Waals surface area (Å²) in [6.45, 7) is 1.75. The topological polar surface area (TPSA) is 12.9 Å². The number of pyridine rings is 1. The molecule has 0 N–H and O–H groups in total. The lowest BCUT2D eigenvalue weighted by molar-refractivity contribution is 0.0219. The van der Waals surface area contributed by atoms with Crippen LogP contribution in [0, 0.1) is 6.92 Å². The summed E-state index contributed by atoms with van der Waals surface area (Å²) in [5.41, 5.74) is 0.437. The molecule has 0 fully saturated rings. The predicted molar refractivity (Wildman–Crippen MR) is 56.8 cm³/mol. The maximum Gasteiger partial charge on any atom is 0.299 e. The molecule has 0 radical (unpaired) electrons. The molecule has 0 spiro atoms. The zero-order valence-electron chi connectivity index (χ0n) is 6.82. The minimum Gasteiger partial charge on any atom is -0.253 e. The lowest BCUT2D eigenvalue weighted by Crippen LogP contribution is -2.17. The minimum atomic E-state index is -2.94. The van der Waals surface area contributed by atoms with Gasteiger partial charge in [0.15, 0.2) is 0 Å². The Labute approximate surface area is 93.6 Å². The van der Waals surface area contributed by atoms with E-state index >= 15 is 0 Å². The molecule has 1 aromatic heterocycles. The lowest BCUT2D eigenvalue weighted by atomic mass is 10.2. The Balaban J connectivity index is 3.16. The van der Waals surface area contributed by atoms with Crippen molar-refractivity contribution in [2.45, 2.75) is 12.8 Å². The number of hydrogen-bond acceptors (Lipinski definition) is 1. The molecule has 13 heavy (non-hydrogen) atoms. The van der Waals surface area contributed by atoms with E-state index in [1.807, 2.05) is 0 Å². The van der Waals surface area contributed by atoms with E-state index in [1.54, 1.807) is 29.5 Å². The van der Waals surface area contributed by atoms with Crippen molar-refractivity contribution in [1.82, 2.24) is 4.98 Å². The molecule has 0 saturated carbocycles. The summed E-state index contributed by atoms with van der Waals surface area (Å²) in [5, 5.41) is 0.0293. The maximum atomic E-state index is 13.1. The van der Waals surface area contributed by atoms with Crippen LogP contribution in [0.1, 0.15) is 11.3 Å². The van der Waals surface area contributed by atoms with E-state index in [9.17, 15) is 8.78 Å². The van der Waals surface area contributed by atoms with E-state index in [1.165, 1.54) is 12.3 Å². The van der Waals surface area contributed by atoms with Gasteiger partial charge in [-0.25, -0.2) is 0 Å². The average Bonchev–Trinajstić information content (AvgIpc) is 2.03. The van der Waals surface area contributed by atoms with Gasteiger partial charge in [0.1, 0.15) is 5.69 Å². The van der Waals surface area contributed by atoms with Gasteiger partial charge in [0, 0.05) is 6.20 Å². The Kier molecular flexibility index (Phi) is 3.45. The molecule has 72 valence electrons. The highest BCUT2D eigenvalue weighted by atomic mass is 127. The normalized spacial score (nSPS) is 11.8. The summed E-state index contributed by atoms with van der Waals surface area (Å²) >= 11 is 7.26. The summed E-state index contributed by atoms with van der Waals surface area (Å²) in [6, 6.07) is 1.49. The van der Waals surface area contributed by atoms with Crippen LogP contribution in [0.4, 0.5) is 8.78 Å². The Morgan fingerprint density at radius 3 is 2.69 bits per heavy atom. The van der Waals surface area contributed by atoms with Crippen LogP contribution in [-0.4, -0.2) is 9.41 Å². The third kappa shape index (κ3) is 2.49. The highest BCUT2D eigenvalue weighted by Gasteiger charge is 2.33. The standard InChI is InChI=1S/C8H7ClF2IN/c1-5-2-6(9)7(13-3-5)8(10,11)4-12/h2-3H,4H2,1H3. The zero-order chi connectivity index (χ0) is 10.1. The maximum absolute atomic E-state index is 13.1. The first-order valence-corrected chi connectivity index (χ1v) is 5.44. The Hall–Kier alpha value is 0.0300. The third-order valence-electron chi connectivity index (χ3n) is 1.49. The summed E-state index contributed by atoms with van der Waals surface area (Å²) in [7, 11) is 0. The van der Waals surface area contributed by atoms with E-state index in [0.29, 0.717) is 0 Å². The van der Waals surface area contributed by atoms with Gasteiger partial charge in [0.05, 0.1) is 9.45 Å². The van der Waals surface area contributed by atoms with Crippen LogP contribution in [0.5, 0.6) is 0 Å². The van der Waals surface area contributed by atoms with E-state index in [2.05, 4.69) is 4.98 Å². The van der Waals surface area contributed by atoms with Crippen molar-refractivity contribution in [3.05, 3.63) is 28.5 Å². The number of halogens is 4. The molecule has 1 rings (SSSR count). The molecule has 0 bridgehead atoms. The van der Waals surface area contributed by atoms with Crippen molar-refractivity contribution in [3.63, 3.8) is 0 Å². The lowest BCUT2D eigenvalue weighted by Gasteiger charge is -2.13. The van der Waals surface area contributed by atoms with Crippen molar-refractivity contribution in [3.8, 4) is 0 Å². The van der Waals surface area contributed by atoms with Crippen LogP contribution >= 0.6 is 34.2 Å². The fourth-order valence-electron chi connectivity index (χ4n) is 0.866. The van der Waals surface area contributed by atoms with E-state index in [4.69, 9.17) is 11.6 Å². The Morgan fingerprint density at radius 2 is 2.23 bits per heavy atom. The predicted octanol–water partition coefficient (Wildman–Crippen LogP) is 3.57. The van der Waals surface area contributed by atoms with Crippen LogP contribution in [0.2, 0.25) is 5.02 Å². The Bertz CT molecular complexity index is 317. The van der Waals surface area contributed by atoms with Crippen LogP contribution in [0.3, 0.4) is 0 Å². The second-order valence-corrected chi connectivity index (χ2v) is 3.85. The molecule has 0 amide bonds. The second kappa shape index (κ2) is 4.04. The number of aryl methyl sites for hydroxylation is 1. The van der Waals surface area contributed by atoms with Gasteiger partial charge in [0.2, 0.25) is 0 Å². The third-order valence-corrected chi connectivity index (χ3v) is 2.74. The number of nitrogens with zero attached hydrogens (tertiary/aromatic N) is 1. The van der Waals surface area contributed by atoms with Crippen molar-refractivity contribution in [2.24, 2.45) is 0 Å². The van der Waals surface area contributed by atoms with Gasteiger partial charge in [-0.15, -0.1) is 0 Å². The second-order valence-electron chi connectivity index (χ2n) is 2.68. The number of alkyl halides is 3. The molecule has 1 nitrogen and oxygen atoms in total. The quantitative estimate of drug-likeness (QED) is 0.600. The first-order valence-electron chi connectivity index (χ1n) is 3.54. The van der Waals surface area contributed by atoms with Crippen LogP contribution in [-0.2, 0) is 5.92 Å². The van der Waals surface area contributed by atoms with Crippen LogP contribution < -0.4 is 0 Å². The SMILES string of the molecule is Cc1cnc(C(F)(F)CI)c(Cl)c1. The van der Waals surface area contributed by atoms with Gasteiger partial charge < -0.3 is 0 Å². The van der Waals surface area contributed by atoms with Gasteiger partial charge in [-0.1, -0.05) is 34.2 Å². The summed E-state index contributed by atoms with van der Waals surface area (Å²) in [6.07, 6.45) is 1.39. The molecule has 5 heteroatoms. The zero-order valence-corrected chi connectivity index (χ0v) is 9.73. The summed E-state index contributed by atoms with van der Waals surface area (Å²) < 4.78 is 25.9. The van der Waals surface area contributed by atoms with Gasteiger partial charge in [-0.05, 0) is 18.6 Å². The van der Waals surface area contributed by atoms with Crippen molar-refractivity contribution >= 4 is 34.2 Å². The highest BCUT2D eigenvalue weighted by molar-refractivity contribution is 14.1. The van der Waals surface area contributed by atoms with Gasteiger partial charge in [-0.2, -0.15) is 8.78 Å². The fourth-order valence-corrected chi connectivity index (χ4v) is 1.59. The largest absolute Gasteiger partial charge is 0.299 e. The van der Waals surface area contributed by atoms with E-state index in [-0.39, 0.29) is 15.1 Å². The first kappa shape index (κ1) is 11.1. The van der Waals surface area contributed by atoms with Crippen LogP contribution in [0.15, 0.2) is 12.3 Å². The number of rotatable bonds is 2. The molecule has 0 aliphatic carbocycles. The molecular weight excluding hydrogens is 310 g/mol. The van der Waals surface area contributed by atoms with Gasteiger partial charge in [0.25, 0.3) is 5.92 Å². The summed E-state index contributed by atoms with van der Waals surface area (Å²) in [5.74, 6) is -2.94. The van der Waals surface area contributed by atoms with Gasteiger partial charge in [-0.3, -0.25) is 4.98 Å². The molecule has 0 saturated heterocycles. The van der Waals surface area contributed by atoms with Crippen molar-refractivity contribution in [1.29, 1.82) is 0 Å². The molecular formula is C8H7ClF2IN. The van der Waals surface area contributed by atoms with Crippen molar-refractivity contribution in [2.75, 3.05) is 4.43 Å². The molecule has 0 unspecified atom stereocenters. The molecule has 0 aliphatic rings. The van der Waals surface area contributed by atoms with E-state index < -0.39 is 5.92 Å². The molecule has 1 aromatic rings. The van der Waals surface area contributed by atoms with Gasteiger partial charge >= 0.3 is 0 Å². The minimum absolute atomic E-state index is 0.0293. The number of hydrogen-bond donors (Lipinski definition) is 0. The average molecular weight is 318 g/mol. The smallest absolute Gasteiger partial charge is 0.253 e. The summed E-state index contributed by atoms with van der Waals surface area (Å²) in [4.78, 5) is 3.63. The Morgan fingerprint density at radius 1 is 1.62 bits per heavy atom. The fraction of sp³-hybridized carbons (Fsp3) is 0.375. The van der Waals surface area contributed by atoms with E-state index in [0.717, 1.165) is 5.56 Å². The van der Waals surface area contributed by atoms with Crippen molar-refractivity contribution < 1.29 is 8.78 Å². The molecule has 0 aromatic carbocycles. The monoisotopic (exact) mass is 317 g/mol. The highest BCUT2D eigenvalue weighted by Crippen LogP contribution is 2.33. The first-order chi connectivity index (χ1) is 5.97. The number of aromatic nitrogens is 1. The van der Waals surface area contributed by atoms with Crippen LogP contribution in [0.25, 0.3) is 0 Å². The molecule has 1 heterocycles. The molecule has 0 atom stereocenters. The molecule has 0 aliphatic heterocycles.